The van der Waals surface area contributed by atoms with Crippen LogP contribution in [-0.4, -0.2) is 191 Å². The Morgan fingerprint density at radius 2 is 1.28 bits per heavy atom. The van der Waals surface area contributed by atoms with E-state index in [2.05, 4.69) is 26.8 Å². The van der Waals surface area contributed by atoms with Crippen LogP contribution in [0.5, 0.6) is 0 Å². The minimum atomic E-state index is -1.79. The summed E-state index contributed by atoms with van der Waals surface area (Å²) in [6, 6.07) is 0. The molecule has 12 N–H and O–H groups in total. The summed E-state index contributed by atoms with van der Waals surface area (Å²) in [6.45, 7) is 11.6. The first-order valence-corrected chi connectivity index (χ1v) is 23.6. The standard InChI is InChI=1S/C46H78O18/c1-21(2)8-7-12-46(6,58)24-11-15-45(5)30(24)25(59-20-28-33(51)34(52)37(55)40(57)61-28)17-29-43(3)13-10-23(16-22(43)9-14-44(29,45)4)60-42-39(36(54)32(50)27(19-48)63-42)64-41-38(56)35(53)31(49)26(18-47)62-41/h8,22-42,47-58H,7,9-20H2,1-6H3/t22-,23-,24?,25+,26+,27+,28+,29+,30-,31+,32+,33+,34-,35-,36-,37+,38+,39+,40?,41?,42?,43-,44+,45+,46-/m0/s1. The van der Waals surface area contributed by atoms with E-state index in [1.807, 2.05) is 20.8 Å². The summed E-state index contributed by atoms with van der Waals surface area (Å²) in [5, 5.41) is 128. The average molecular weight is 919 g/mol. The van der Waals surface area contributed by atoms with Crippen LogP contribution in [0.15, 0.2) is 11.6 Å². The quantitative estimate of drug-likeness (QED) is 0.0806. The van der Waals surface area contributed by atoms with Crippen LogP contribution in [0.25, 0.3) is 0 Å². The maximum atomic E-state index is 12.3. The summed E-state index contributed by atoms with van der Waals surface area (Å²) in [5.74, 6) is 0.129. The van der Waals surface area contributed by atoms with Gasteiger partial charge < -0.3 is 89.7 Å². The lowest BCUT2D eigenvalue weighted by molar-refractivity contribution is -0.373. The molecule has 0 radical (unpaired) electrons. The van der Waals surface area contributed by atoms with Gasteiger partial charge in [-0.3, -0.25) is 0 Å². The van der Waals surface area contributed by atoms with E-state index in [-0.39, 0.29) is 52.6 Å². The van der Waals surface area contributed by atoms with Gasteiger partial charge in [0.25, 0.3) is 0 Å². The second-order valence-corrected chi connectivity index (χ2v) is 21.7. The van der Waals surface area contributed by atoms with Crippen molar-refractivity contribution in [3.8, 4) is 0 Å². The number of rotatable bonds is 13. The van der Waals surface area contributed by atoms with Crippen LogP contribution in [0.2, 0.25) is 0 Å². The summed E-state index contributed by atoms with van der Waals surface area (Å²) in [4.78, 5) is 0. The van der Waals surface area contributed by atoms with Gasteiger partial charge in [-0.05, 0) is 125 Å². The number of hydrogen-bond donors (Lipinski definition) is 12. The molecule has 4 unspecified atom stereocenters. The van der Waals surface area contributed by atoms with Crippen LogP contribution in [0.4, 0.5) is 0 Å². The van der Waals surface area contributed by atoms with Crippen LogP contribution in [-0.2, 0) is 28.4 Å². The Morgan fingerprint density at radius 1 is 0.672 bits per heavy atom. The molecule has 3 heterocycles. The Hall–Kier alpha value is -0.980. The van der Waals surface area contributed by atoms with Gasteiger partial charge in [-0.15, -0.1) is 0 Å². The van der Waals surface area contributed by atoms with Crippen LogP contribution in [0, 0.1) is 39.9 Å². The normalized spacial score (nSPS) is 52.8. The molecule has 0 bridgehead atoms. The van der Waals surface area contributed by atoms with E-state index < -0.39 is 117 Å². The van der Waals surface area contributed by atoms with E-state index in [0.717, 1.165) is 38.5 Å². The molecular formula is C46H78O18. The first-order chi connectivity index (χ1) is 30.0. The summed E-state index contributed by atoms with van der Waals surface area (Å²) in [7, 11) is 0. The molecule has 18 heteroatoms. The van der Waals surface area contributed by atoms with Gasteiger partial charge in [0, 0.05) is 0 Å². The lowest BCUT2D eigenvalue weighted by Crippen LogP contribution is -2.66. The minimum absolute atomic E-state index is 0.0678. The molecule has 7 aliphatic rings. The summed E-state index contributed by atoms with van der Waals surface area (Å²) >= 11 is 0. The van der Waals surface area contributed by atoms with Gasteiger partial charge in [0.15, 0.2) is 18.9 Å². The number of ether oxygens (including phenoxy) is 6. The molecule has 0 aromatic heterocycles. The Balaban J connectivity index is 1.12. The Bertz CT molecular complexity index is 1600. The van der Waals surface area contributed by atoms with Gasteiger partial charge in [0.05, 0.1) is 37.6 Å². The van der Waals surface area contributed by atoms with Crippen molar-refractivity contribution in [3.05, 3.63) is 11.6 Å². The van der Waals surface area contributed by atoms with E-state index in [4.69, 9.17) is 28.4 Å². The van der Waals surface area contributed by atoms with Crippen LogP contribution >= 0.6 is 0 Å². The predicted octanol–water partition coefficient (Wildman–Crippen LogP) is -0.663. The van der Waals surface area contributed by atoms with Crippen molar-refractivity contribution in [1.29, 1.82) is 0 Å². The SMILES string of the molecule is CC(C)=CCC[C@](C)(O)C1CC[C@]2(C)[C@@H]1[C@H](OC[C@H]1OC(O)[C@H](O)[C@@H](O)[C@@H]1O)C[C@@H]1[C@@]3(C)CC[C@H](OC4O[C@H](CO)[C@@H](O)[C@H](O)[C@H]4OC4O[C@H](CO)[C@@H](O)[C@H](O)[C@H]4O)C[C@@H]3CC[C@]12C. The molecule has 64 heavy (non-hydrogen) atoms. The largest absolute Gasteiger partial charge is 0.394 e. The van der Waals surface area contributed by atoms with Gasteiger partial charge >= 0.3 is 0 Å². The molecule has 7 fully saturated rings. The third kappa shape index (κ3) is 9.03. The van der Waals surface area contributed by atoms with Crippen molar-refractivity contribution < 1.29 is 89.7 Å². The highest BCUT2D eigenvalue weighted by Gasteiger charge is 2.70. The molecule has 18 nitrogen and oxygen atoms in total. The molecule has 25 atom stereocenters. The molecule has 0 aromatic rings. The smallest absolute Gasteiger partial charge is 0.187 e. The monoisotopic (exact) mass is 919 g/mol. The van der Waals surface area contributed by atoms with Crippen molar-refractivity contribution in [2.75, 3.05) is 19.8 Å². The molecule has 0 aromatic carbocycles. The molecule has 3 aliphatic heterocycles. The second-order valence-electron chi connectivity index (χ2n) is 21.7. The number of aliphatic hydroxyl groups excluding tert-OH is 11. The minimum Gasteiger partial charge on any atom is -0.394 e. The molecule has 3 saturated heterocycles. The topological polar surface area (TPSA) is 298 Å². The van der Waals surface area contributed by atoms with E-state index in [1.165, 1.54) is 5.57 Å². The highest BCUT2D eigenvalue weighted by atomic mass is 16.8. The van der Waals surface area contributed by atoms with Crippen LogP contribution in [0.3, 0.4) is 0 Å². The van der Waals surface area contributed by atoms with Gasteiger partial charge in [0.1, 0.15) is 73.2 Å². The zero-order valence-electron chi connectivity index (χ0n) is 38.2. The van der Waals surface area contributed by atoms with Gasteiger partial charge in [0.2, 0.25) is 0 Å². The van der Waals surface area contributed by atoms with E-state index in [1.54, 1.807) is 0 Å². The summed E-state index contributed by atoms with van der Waals surface area (Å²) in [5.41, 5.74) is -0.464. The first kappa shape index (κ1) is 50.9. The van der Waals surface area contributed by atoms with Crippen molar-refractivity contribution in [1.82, 2.24) is 0 Å². The van der Waals surface area contributed by atoms with Gasteiger partial charge in [-0.2, -0.15) is 0 Å². The molecule has 4 saturated carbocycles. The third-order valence-electron chi connectivity index (χ3n) is 17.8. The molecule has 4 aliphatic carbocycles. The van der Waals surface area contributed by atoms with Crippen LogP contribution < -0.4 is 0 Å². The van der Waals surface area contributed by atoms with Crippen molar-refractivity contribution in [2.45, 2.75) is 216 Å². The fraction of sp³-hybridized carbons (Fsp3) is 0.957. The molecule has 0 amide bonds. The number of fused-ring (bicyclic) bond motifs is 5. The Morgan fingerprint density at radius 3 is 1.94 bits per heavy atom. The fourth-order valence-corrected chi connectivity index (χ4v) is 13.8. The van der Waals surface area contributed by atoms with E-state index in [9.17, 15) is 61.3 Å². The number of hydrogen-bond acceptors (Lipinski definition) is 18. The van der Waals surface area contributed by atoms with Gasteiger partial charge in [-0.25, -0.2) is 0 Å². The second kappa shape index (κ2) is 19.4. The number of aliphatic hydroxyl groups is 12. The molecular weight excluding hydrogens is 840 g/mol. The van der Waals surface area contributed by atoms with Crippen molar-refractivity contribution >= 4 is 0 Å². The maximum Gasteiger partial charge on any atom is 0.187 e. The first-order valence-electron chi connectivity index (χ1n) is 23.6. The summed E-state index contributed by atoms with van der Waals surface area (Å²) in [6.07, 6.45) is -14.4. The highest BCUT2D eigenvalue weighted by Crippen LogP contribution is 2.75. The molecule has 0 spiro atoms. The van der Waals surface area contributed by atoms with Gasteiger partial charge in [-0.1, -0.05) is 32.4 Å². The zero-order valence-corrected chi connectivity index (χ0v) is 38.2. The Labute approximate surface area is 376 Å². The molecule has 370 valence electrons. The predicted molar refractivity (Wildman–Crippen MR) is 224 cm³/mol. The van der Waals surface area contributed by atoms with Crippen molar-refractivity contribution in [2.24, 2.45) is 39.9 Å². The number of allylic oxidation sites excluding steroid dienone is 2. The lowest BCUT2D eigenvalue weighted by atomic mass is 9.37. The Kier molecular flexibility index (Phi) is 15.4. The van der Waals surface area contributed by atoms with E-state index in [0.29, 0.717) is 25.7 Å². The fourth-order valence-electron chi connectivity index (χ4n) is 13.8. The third-order valence-corrected chi connectivity index (χ3v) is 17.8. The summed E-state index contributed by atoms with van der Waals surface area (Å²) < 4.78 is 36.5. The highest BCUT2D eigenvalue weighted by molar-refractivity contribution is 5.19. The van der Waals surface area contributed by atoms with Crippen molar-refractivity contribution in [3.63, 3.8) is 0 Å². The zero-order chi connectivity index (χ0) is 46.8. The maximum absolute atomic E-state index is 12.3. The average Bonchev–Trinajstić information content (AvgIpc) is 3.63. The van der Waals surface area contributed by atoms with E-state index >= 15 is 0 Å². The lowest BCUT2D eigenvalue weighted by Gasteiger charge is -2.69. The van der Waals surface area contributed by atoms with Crippen LogP contribution in [0.1, 0.15) is 106 Å². The molecule has 7 rings (SSSR count).